The lowest BCUT2D eigenvalue weighted by Crippen LogP contribution is -2.32. The van der Waals surface area contributed by atoms with Crippen LogP contribution in [0.15, 0.2) is 41.9 Å². The van der Waals surface area contributed by atoms with E-state index in [0.29, 0.717) is 18.1 Å². The van der Waals surface area contributed by atoms with E-state index in [-0.39, 0.29) is 12.1 Å². The molecule has 1 fully saturated rings. The summed E-state index contributed by atoms with van der Waals surface area (Å²) in [4.78, 5) is 17.5. The third kappa shape index (κ3) is 4.13. The van der Waals surface area contributed by atoms with Crippen LogP contribution >= 0.6 is 0 Å². The summed E-state index contributed by atoms with van der Waals surface area (Å²) in [7, 11) is 0. The van der Waals surface area contributed by atoms with E-state index in [2.05, 4.69) is 22.3 Å². The third-order valence-corrected chi connectivity index (χ3v) is 5.49. The molecule has 1 unspecified atom stereocenters. The Morgan fingerprint density at radius 3 is 2.90 bits per heavy atom. The standard InChI is InChI=1S/C22H28N4O3/c1-3-12-28-18-11-7-8-16(13-18)20-19(15(2)25-22-23-14-24-26(20)22)21(27)29-17-9-5-4-6-10-17/h7-8,11,13-14,17,20H,3-6,9-10,12H2,1-2H3,(H,23,24,25). The molecular weight excluding hydrogens is 368 g/mol. The number of anilines is 1. The first-order valence-electron chi connectivity index (χ1n) is 10.5. The second kappa shape index (κ2) is 8.68. The smallest absolute Gasteiger partial charge is 0.338 e. The number of hydrogen-bond donors (Lipinski definition) is 1. The molecule has 1 atom stereocenters. The normalized spacial score (nSPS) is 19.4. The number of nitrogens with one attached hydrogen (secondary N) is 1. The zero-order valence-electron chi connectivity index (χ0n) is 17.1. The van der Waals surface area contributed by atoms with Gasteiger partial charge in [-0.05, 0) is 56.7 Å². The maximum absolute atomic E-state index is 13.2. The molecule has 0 saturated heterocycles. The SMILES string of the molecule is CCCOc1cccc(C2C(C(=O)OC3CCCCC3)=C(C)Nc3ncnn32)c1. The molecule has 1 N–H and O–H groups in total. The summed E-state index contributed by atoms with van der Waals surface area (Å²) in [6.07, 6.45) is 7.73. The van der Waals surface area contributed by atoms with Crippen LogP contribution in [0.25, 0.3) is 0 Å². The minimum atomic E-state index is -0.407. The van der Waals surface area contributed by atoms with Crippen LogP contribution in [-0.2, 0) is 9.53 Å². The van der Waals surface area contributed by atoms with E-state index in [1.807, 2.05) is 31.2 Å². The zero-order chi connectivity index (χ0) is 20.2. The Balaban J connectivity index is 1.67. The largest absolute Gasteiger partial charge is 0.494 e. The van der Waals surface area contributed by atoms with Crippen molar-refractivity contribution in [3.05, 3.63) is 47.4 Å². The van der Waals surface area contributed by atoms with Crippen molar-refractivity contribution in [1.29, 1.82) is 0 Å². The van der Waals surface area contributed by atoms with Crippen LogP contribution in [0, 0.1) is 0 Å². The summed E-state index contributed by atoms with van der Waals surface area (Å²) in [5.74, 6) is 1.11. The molecule has 0 bridgehead atoms. The molecule has 2 aromatic rings. The Morgan fingerprint density at radius 2 is 2.10 bits per heavy atom. The first kappa shape index (κ1) is 19.5. The lowest BCUT2D eigenvalue weighted by Gasteiger charge is -2.30. The van der Waals surface area contributed by atoms with Gasteiger partial charge in [-0.1, -0.05) is 25.5 Å². The molecule has 0 amide bonds. The molecule has 2 aliphatic rings. The van der Waals surface area contributed by atoms with Crippen molar-refractivity contribution in [2.24, 2.45) is 0 Å². The molecule has 1 aliphatic carbocycles. The van der Waals surface area contributed by atoms with E-state index in [4.69, 9.17) is 9.47 Å². The van der Waals surface area contributed by atoms with Gasteiger partial charge in [0.2, 0.25) is 5.95 Å². The Morgan fingerprint density at radius 1 is 1.28 bits per heavy atom. The number of fused-ring (bicyclic) bond motifs is 1. The lowest BCUT2D eigenvalue weighted by molar-refractivity contribution is -0.146. The number of aromatic nitrogens is 3. The maximum Gasteiger partial charge on any atom is 0.338 e. The molecule has 7 nitrogen and oxygen atoms in total. The number of carbonyl (C=O) groups is 1. The van der Waals surface area contributed by atoms with Crippen molar-refractivity contribution in [1.82, 2.24) is 14.8 Å². The fraction of sp³-hybridized carbons (Fsp3) is 0.500. The zero-order valence-corrected chi connectivity index (χ0v) is 17.1. The predicted octanol–water partition coefficient (Wildman–Crippen LogP) is 4.23. The fourth-order valence-corrected chi connectivity index (χ4v) is 4.06. The van der Waals surface area contributed by atoms with E-state index in [9.17, 15) is 4.79 Å². The summed E-state index contributed by atoms with van der Waals surface area (Å²) < 4.78 is 13.5. The number of benzene rings is 1. The van der Waals surface area contributed by atoms with Crippen molar-refractivity contribution in [2.75, 3.05) is 11.9 Å². The van der Waals surface area contributed by atoms with E-state index in [1.165, 1.54) is 12.7 Å². The molecular formula is C22H28N4O3. The first-order valence-corrected chi connectivity index (χ1v) is 10.5. The molecule has 0 radical (unpaired) electrons. The Kier molecular flexibility index (Phi) is 5.83. The van der Waals surface area contributed by atoms with Gasteiger partial charge in [0.1, 0.15) is 24.2 Å². The van der Waals surface area contributed by atoms with Crippen LogP contribution in [-0.4, -0.2) is 33.4 Å². The molecule has 1 aliphatic heterocycles. The monoisotopic (exact) mass is 396 g/mol. The number of allylic oxidation sites excluding steroid dienone is 1. The van der Waals surface area contributed by atoms with Gasteiger partial charge in [0.15, 0.2) is 0 Å². The van der Waals surface area contributed by atoms with Crippen LogP contribution in [0.5, 0.6) is 5.75 Å². The summed E-state index contributed by atoms with van der Waals surface area (Å²) >= 11 is 0. The average Bonchev–Trinajstić information content (AvgIpc) is 3.20. The number of nitrogens with zero attached hydrogens (tertiary/aromatic N) is 3. The Labute approximate surface area is 171 Å². The van der Waals surface area contributed by atoms with Gasteiger partial charge < -0.3 is 14.8 Å². The topological polar surface area (TPSA) is 78.3 Å². The number of ether oxygens (including phenoxy) is 2. The van der Waals surface area contributed by atoms with Gasteiger partial charge in [-0.15, -0.1) is 0 Å². The van der Waals surface area contributed by atoms with Gasteiger partial charge in [-0.25, -0.2) is 9.48 Å². The highest BCUT2D eigenvalue weighted by Gasteiger charge is 2.35. The molecule has 29 heavy (non-hydrogen) atoms. The molecule has 7 heteroatoms. The highest BCUT2D eigenvalue weighted by molar-refractivity contribution is 5.92. The van der Waals surface area contributed by atoms with Crippen LogP contribution in [0.1, 0.15) is 64.0 Å². The molecule has 2 heterocycles. The molecule has 154 valence electrons. The molecule has 1 saturated carbocycles. The van der Waals surface area contributed by atoms with Gasteiger partial charge >= 0.3 is 5.97 Å². The first-order chi connectivity index (χ1) is 14.2. The number of carbonyl (C=O) groups excluding carboxylic acids is 1. The van der Waals surface area contributed by atoms with Gasteiger partial charge in [0, 0.05) is 5.70 Å². The van der Waals surface area contributed by atoms with Crippen molar-refractivity contribution < 1.29 is 14.3 Å². The van der Waals surface area contributed by atoms with Crippen LogP contribution < -0.4 is 10.1 Å². The fourth-order valence-electron chi connectivity index (χ4n) is 4.06. The van der Waals surface area contributed by atoms with E-state index in [0.717, 1.165) is 49.1 Å². The minimum Gasteiger partial charge on any atom is -0.494 e. The molecule has 0 spiro atoms. The van der Waals surface area contributed by atoms with Gasteiger partial charge in [-0.3, -0.25) is 0 Å². The highest BCUT2D eigenvalue weighted by atomic mass is 16.5. The molecule has 4 rings (SSSR count). The second-order valence-corrected chi connectivity index (χ2v) is 7.68. The number of hydrogen-bond acceptors (Lipinski definition) is 6. The Hall–Kier alpha value is -2.83. The lowest BCUT2D eigenvalue weighted by atomic mass is 9.94. The second-order valence-electron chi connectivity index (χ2n) is 7.68. The van der Waals surface area contributed by atoms with Crippen molar-refractivity contribution in [3.63, 3.8) is 0 Å². The summed E-state index contributed by atoms with van der Waals surface area (Å²) in [5.41, 5.74) is 2.24. The van der Waals surface area contributed by atoms with Gasteiger partial charge in [-0.2, -0.15) is 10.1 Å². The molecule has 1 aromatic carbocycles. The molecule has 1 aromatic heterocycles. The van der Waals surface area contributed by atoms with E-state index >= 15 is 0 Å². The highest BCUT2D eigenvalue weighted by Crippen LogP contribution is 2.37. The minimum absolute atomic E-state index is 0.00596. The van der Waals surface area contributed by atoms with Crippen molar-refractivity contribution in [2.45, 2.75) is 64.5 Å². The average molecular weight is 396 g/mol. The quantitative estimate of drug-likeness (QED) is 0.736. The van der Waals surface area contributed by atoms with Gasteiger partial charge in [0.05, 0.1) is 12.2 Å². The summed E-state index contributed by atoms with van der Waals surface area (Å²) in [6.45, 7) is 4.61. The van der Waals surface area contributed by atoms with Crippen LogP contribution in [0.2, 0.25) is 0 Å². The van der Waals surface area contributed by atoms with E-state index in [1.54, 1.807) is 4.68 Å². The summed E-state index contributed by atoms with van der Waals surface area (Å²) in [6, 6.07) is 7.42. The predicted molar refractivity (Wildman–Crippen MR) is 110 cm³/mol. The van der Waals surface area contributed by atoms with Crippen LogP contribution in [0.4, 0.5) is 5.95 Å². The van der Waals surface area contributed by atoms with Crippen molar-refractivity contribution >= 4 is 11.9 Å². The summed E-state index contributed by atoms with van der Waals surface area (Å²) in [5, 5.41) is 7.57. The third-order valence-electron chi connectivity index (χ3n) is 5.49. The number of esters is 1. The van der Waals surface area contributed by atoms with Crippen LogP contribution in [0.3, 0.4) is 0 Å². The number of rotatable bonds is 6. The van der Waals surface area contributed by atoms with Gasteiger partial charge in [0.25, 0.3) is 0 Å². The Bertz CT molecular complexity index is 899. The maximum atomic E-state index is 13.2. The van der Waals surface area contributed by atoms with E-state index < -0.39 is 6.04 Å². The van der Waals surface area contributed by atoms with Crippen molar-refractivity contribution in [3.8, 4) is 5.75 Å².